The molecule has 0 spiro atoms. The van der Waals surface area contributed by atoms with Crippen LogP contribution in [0.25, 0.3) is 0 Å². The summed E-state index contributed by atoms with van der Waals surface area (Å²) in [6, 6.07) is 11.2. The largest absolute Gasteiger partial charge is 0.361 e. The van der Waals surface area contributed by atoms with Crippen molar-refractivity contribution in [1.29, 1.82) is 5.26 Å². The molecule has 0 saturated heterocycles. The predicted octanol–water partition coefficient (Wildman–Crippen LogP) is 2.21. The molecule has 0 bridgehead atoms. The van der Waals surface area contributed by atoms with Crippen LogP contribution in [-0.4, -0.2) is 23.3 Å². The lowest BCUT2D eigenvalue weighted by Crippen LogP contribution is -2.42. The fourth-order valence-electron chi connectivity index (χ4n) is 2.11. The van der Waals surface area contributed by atoms with Gasteiger partial charge >= 0.3 is 0 Å². The first-order chi connectivity index (χ1) is 10.1. The quantitative estimate of drug-likeness (QED) is 0.681. The van der Waals surface area contributed by atoms with Crippen LogP contribution < -0.4 is 5.32 Å². The number of nitrogens with zero attached hydrogens (tertiary/aromatic N) is 2. The number of carbonyl (C=O) groups is 2. The van der Waals surface area contributed by atoms with E-state index in [1.165, 1.54) is 0 Å². The zero-order valence-electron chi connectivity index (χ0n) is 11.9. The highest BCUT2D eigenvalue weighted by Gasteiger charge is 2.34. The molecule has 0 atom stereocenters. The molecule has 1 heterocycles. The maximum atomic E-state index is 12.3. The third-order valence-corrected chi connectivity index (χ3v) is 3.30. The van der Waals surface area contributed by atoms with Gasteiger partial charge in [0.1, 0.15) is 11.6 Å². The van der Waals surface area contributed by atoms with Gasteiger partial charge in [-0.1, -0.05) is 18.2 Å². The van der Waals surface area contributed by atoms with Crippen LogP contribution in [0, 0.1) is 11.3 Å². The Morgan fingerprint density at radius 2 is 1.90 bits per heavy atom. The van der Waals surface area contributed by atoms with Gasteiger partial charge in [-0.25, -0.2) is 0 Å². The van der Waals surface area contributed by atoms with Gasteiger partial charge in [-0.2, -0.15) is 5.26 Å². The SMILES string of the molecule is CCN1C(=O)C(C#N)=C(C)/C(=C\Nc2ccccc2)C1=O. The van der Waals surface area contributed by atoms with E-state index in [0.717, 1.165) is 10.6 Å². The first kappa shape index (κ1) is 14.5. The van der Waals surface area contributed by atoms with Crippen LogP contribution in [0.3, 0.4) is 0 Å². The van der Waals surface area contributed by atoms with Gasteiger partial charge in [-0.05, 0) is 31.6 Å². The van der Waals surface area contributed by atoms with Crippen molar-refractivity contribution >= 4 is 17.5 Å². The molecule has 1 aliphatic heterocycles. The highest BCUT2D eigenvalue weighted by Crippen LogP contribution is 2.24. The van der Waals surface area contributed by atoms with E-state index in [1.807, 2.05) is 36.4 Å². The van der Waals surface area contributed by atoms with Crippen molar-refractivity contribution in [2.75, 3.05) is 11.9 Å². The van der Waals surface area contributed by atoms with Crippen molar-refractivity contribution in [1.82, 2.24) is 4.90 Å². The van der Waals surface area contributed by atoms with Gasteiger partial charge < -0.3 is 5.32 Å². The van der Waals surface area contributed by atoms with Crippen LogP contribution in [0.15, 0.2) is 53.3 Å². The molecule has 5 nitrogen and oxygen atoms in total. The summed E-state index contributed by atoms with van der Waals surface area (Å²) in [5, 5.41) is 12.1. The van der Waals surface area contributed by atoms with E-state index in [1.54, 1.807) is 20.0 Å². The second-order valence-corrected chi connectivity index (χ2v) is 4.53. The molecule has 0 aliphatic carbocycles. The van der Waals surface area contributed by atoms with E-state index in [-0.39, 0.29) is 18.0 Å². The average Bonchev–Trinajstić information content (AvgIpc) is 2.49. The summed E-state index contributed by atoms with van der Waals surface area (Å²) < 4.78 is 0. The fraction of sp³-hybridized carbons (Fsp3) is 0.188. The Balaban J connectivity index is 2.41. The number of anilines is 1. The second kappa shape index (κ2) is 6.06. The highest BCUT2D eigenvalue weighted by molar-refractivity contribution is 6.18. The van der Waals surface area contributed by atoms with Crippen LogP contribution in [0.2, 0.25) is 0 Å². The van der Waals surface area contributed by atoms with Crippen LogP contribution in [0.4, 0.5) is 5.69 Å². The Morgan fingerprint density at radius 1 is 1.24 bits per heavy atom. The number of nitriles is 1. The monoisotopic (exact) mass is 281 g/mol. The Kier molecular flexibility index (Phi) is 4.19. The molecule has 1 aromatic carbocycles. The molecule has 5 heteroatoms. The van der Waals surface area contributed by atoms with Crippen molar-refractivity contribution in [2.45, 2.75) is 13.8 Å². The molecule has 1 aliphatic rings. The number of carbonyl (C=O) groups excluding carboxylic acids is 2. The van der Waals surface area contributed by atoms with E-state index in [9.17, 15) is 9.59 Å². The molecule has 1 aromatic rings. The summed E-state index contributed by atoms with van der Waals surface area (Å²) in [6.45, 7) is 3.55. The molecule has 2 amide bonds. The summed E-state index contributed by atoms with van der Waals surface area (Å²) >= 11 is 0. The predicted molar refractivity (Wildman–Crippen MR) is 78.9 cm³/mol. The van der Waals surface area contributed by atoms with Gasteiger partial charge in [0.25, 0.3) is 11.8 Å². The summed E-state index contributed by atoms with van der Waals surface area (Å²) in [5.74, 6) is -0.915. The van der Waals surface area contributed by atoms with Gasteiger partial charge in [-0.3, -0.25) is 14.5 Å². The molecular weight excluding hydrogens is 266 g/mol. The smallest absolute Gasteiger partial charge is 0.271 e. The normalized spacial score (nSPS) is 17.2. The Morgan fingerprint density at radius 3 is 2.48 bits per heavy atom. The average molecular weight is 281 g/mol. The van der Waals surface area contributed by atoms with Crippen molar-refractivity contribution in [3.05, 3.63) is 53.3 Å². The number of amides is 2. The lowest BCUT2D eigenvalue weighted by atomic mass is 9.96. The molecule has 0 radical (unpaired) electrons. The molecule has 2 rings (SSSR count). The molecular formula is C16H15N3O2. The topological polar surface area (TPSA) is 73.2 Å². The Hall–Kier alpha value is -2.87. The first-order valence-electron chi connectivity index (χ1n) is 6.59. The molecule has 1 N–H and O–H groups in total. The number of hydrogen-bond donors (Lipinski definition) is 1. The number of nitrogens with one attached hydrogen (secondary N) is 1. The minimum absolute atomic E-state index is 0.0116. The van der Waals surface area contributed by atoms with Crippen molar-refractivity contribution in [3.8, 4) is 6.07 Å². The van der Waals surface area contributed by atoms with Crippen LogP contribution in [0.1, 0.15) is 13.8 Å². The summed E-state index contributed by atoms with van der Waals surface area (Å²) in [5.41, 5.74) is 1.57. The van der Waals surface area contributed by atoms with Gasteiger partial charge in [0.15, 0.2) is 0 Å². The lowest BCUT2D eigenvalue weighted by Gasteiger charge is -2.26. The standard InChI is InChI=1S/C16H15N3O2/c1-3-19-15(20)13(9-17)11(2)14(16(19)21)10-18-12-7-5-4-6-8-12/h4-8,10,18H,3H2,1-2H3/b14-10+. The third-order valence-electron chi connectivity index (χ3n) is 3.30. The van der Waals surface area contributed by atoms with Crippen LogP contribution in [0.5, 0.6) is 0 Å². The van der Waals surface area contributed by atoms with Gasteiger partial charge in [0.2, 0.25) is 0 Å². The van der Waals surface area contributed by atoms with Crippen molar-refractivity contribution in [3.63, 3.8) is 0 Å². The van der Waals surface area contributed by atoms with Crippen molar-refractivity contribution in [2.24, 2.45) is 0 Å². The maximum Gasteiger partial charge on any atom is 0.271 e. The van der Waals surface area contributed by atoms with Crippen LogP contribution >= 0.6 is 0 Å². The molecule has 21 heavy (non-hydrogen) atoms. The Labute approximate surface area is 123 Å². The molecule has 0 unspecified atom stereocenters. The fourth-order valence-corrected chi connectivity index (χ4v) is 2.11. The zero-order valence-corrected chi connectivity index (χ0v) is 11.9. The molecule has 0 aromatic heterocycles. The molecule has 0 fully saturated rings. The third kappa shape index (κ3) is 2.70. The van der Waals surface area contributed by atoms with E-state index in [0.29, 0.717) is 11.1 Å². The van der Waals surface area contributed by atoms with Crippen molar-refractivity contribution < 1.29 is 9.59 Å². The summed E-state index contributed by atoms with van der Waals surface area (Å²) in [6.07, 6.45) is 1.54. The van der Waals surface area contributed by atoms with E-state index >= 15 is 0 Å². The number of imide groups is 1. The molecule has 0 saturated carbocycles. The maximum absolute atomic E-state index is 12.3. The first-order valence-corrected chi connectivity index (χ1v) is 6.59. The van der Waals surface area contributed by atoms with E-state index in [4.69, 9.17) is 5.26 Å². The van der Waals surface area contributed by atoms with Gasteiger partial charge in [-0.15, -0.1) is 0 Å². The molecule has 106 valence electrons. The second-order valence-electron chi connectivity index (χ2n) is 4.53. The lowest BCUT2D eigenvalue weighted by molar-refractivity contribution is -0.140. The number of benzene rings is 1. The minimum Gasteiger partial charge on any atom is -0.361 e. The van der Waals surface area contributed by atoms with E-state index in [2.05, 4.69) is 5.32 Å². The minimum atomic E-state index is -0.528. The number of para-hydroxylation sites is 1. The number of hydrogen-bond acceptors (Lipinski definition) is 4. The highest BCUT2D eigenvalue weighted by atomic mass is 16.2. The zero-order chi connectivity index (χ0) is 15.4. The number of likely N-dealkylation sites (N-methyl/N-ethyl adjacent to an activating group) is 1. The summed E-state index contributed by atoms with van der Waals surface area (Å²) in [7, 11) is 0. The number of rotatable bonds is 3. The van der Waals surface area contributed by atoms with Gasteiger partial charge in [0.05, 0.1) is 5.57 Å². The Bertz CT molecular complexity index is 681. The summed E-state index contributed by atoms with van der Waals surface area (Å²) in [4.78, 5) is 25.4. The van der Waals surface area contributed by atoms with Gasteiger partial charge in [0, 0.05) is 18.4 Å². The van der Waals surface area contributed by atoms with Crippen LogP contribution in [-0.2, 0) is 9.59 Å². The van der Waals surface area contributed by atoms with E-state index < -0.39 is 5.91 Å².